The highest BCUT2D eigenvalue weighted by Gasteiger charge is 2.60. The molecule has 0 aliphatic heterocycles. The van der Waals surface area contributed by atoms with Gasteiger partial charge in [0.05, 0.1) is 0 Å². The minimum Gasteiger partial charge on any atom is -0.295 e. The molecule has 0 radical (unpaired) electrons. The summed E-state index contributed by atoms with van der Waals surface area (Å²) in [7, 11) is 0. The van der Waals surface area contributed by atoms with Crippen LogP contribution in [-0.4, -0.2) is 5.78 Å². The van der Waals surface area contributed by atoms with Crippen molar-refractivity contribution < 1.29 is 4.79 Å². The predicted octanol–water partition coefficient (Wildman–Crippen LogP) is 4.71. The van der Waals surface area contributed by atoms with E-state index in [0.717, 1.165) is 18.4 Å². The van der Waals surface area contributed by atoms with Crippen LogP contribution >= 0.6 is 0 Å². The van der Waals surface area contributed by atoms with Crippen LogP contribution in [0.5, 0.6) is 0 Å². The van der Waals surface area contributed by atoms with E-state index in [-0.39, 0.29) is 0 Å². The van der Waals surface area contributed by atoms with E-state index in [2.05, 4.69) is 47.3 Å². The van der Waals surface area contributed by atoms with Crippen molar-refractivity contribution in [1.82, 2.24) is 0 Å². The summed E-state index contributed by atoms with van der Waals surface area (Å²) in [4.78, 5) is 12.1. The predicted molar refractivity (Wildman–Crippen MR) is 80.8 cm³/mol. The number of hydrogen-bond acceptors (Lipinski definition) is 1. The molecule has 19 heavy (non-hydrogen) atoms. The van der Waals surface area contributed by atoms with Crippen molar-refractivity contribution in [3.05, 3.63) is 35.5 Å². The Morgan fingerprint density at radius 3 is 2.58 bits per heavy atom. The van der Waals surface area contributed by atoms with Gasteiger partial charge >= 0.3 is 0 Å². The third kappa shape index (κ3) is 2.35. The molecule has 0 spiro atoms. The number of Topliss-reactive ketones (excluding diaryl/α,β-unsaturated/α-hetero) is 1. The van der Waals surface area contributed by atoms with Crippen LogP contribution in [0.1, 0.15) is 47.5 Å². The van der Waals surface area contributed by atoms with E-state index >= 15 is 0 Å². The fraction of sp³-hybridized carbons (Fsp3) is 0.611. The monoisotopic (exact) mass is 258 g/mol. The minimum atomic E-state index is 0.340. The van der Waals surface area contributed by atoms with Crippen LogP contribution in [0, 0.1) is 23.2 Å². The second-order valence-corrected chi connectivity index (χ2v) is 7.01. The molecule has 2 aliphatic carbocycles. The van der Waals surface area contributed by atoms with Crippen LogP contribution < -0.4 is 0 Å². The van der Waals surface area contributed by atoms with Gasteiger partial charge < -0.3 is 0 Å². The molecule has 0 saturated heterocycles. The molecule has 1 heteroatoms. The Labute approximate surface area is 117 Å². The lowest BCUT2D eigenvalue weighted by atomic mass is 9.91. The van der Waals surface area contributed by atoms with Gasteiger partial charge in [0.2, 0.25) is 0 Å². The fourth-order valence-corrected chi connectivity index (χ4v) is 3.90. The van der Waals surface area contributed by atoms with E-state index < -0.39 is 0 Å². The van der Waals surface area contributed by atoms with E-state index in [1.54, 1.807) is 0 Å². The molecule has 0 aromatic rings. The summed E-state index contributed by atoms with van der Waals surface area (Å²) in [5.74, 6) is 2.07. The molecular weight excluding hydrogens is 232 g/mol. The van der Waals surface area contributed by atoms with E-state index in [9.17, 15) is 4.79 Å². The van der Waals surface area contributed by atoms with Crippen molar-refractivity contribution in [2.45, 2.75) is 47.5 Å². The highest BCUT2D eigenvalue weighted by atomic mass is 16.1. The first kappa shape index (κ1) is 14.3. The number of allylic oxidation sites excluding steroid dienone is 5. The van der Waals surface area contributed by atoms with Crippen molar-refractivity contribution in [2.75, 3.05) is 0 Å². The number of hydrogen-bond donors (Lipinski definition) is 0. The molecule has 1 fully saturated rings. The quantitative estimate of drug-likeness (QED) is 0.668. The summed E-state index contributed by atoms with van der Waals surface area (Å²) >= 11 is 0. The van der Waals surface area contributed by atoms with Gasteiger partial charge in [-0.05, 0) is 55.9 Å². The zero-order valence-corrected chi connectivity index (χ0v) is 12.9. The standard InChI is InChI=1S/C18H26O/c1-7-8-13-12(4)14(10-16(13)19)17-15(9-11(2)3)18(17,5)6/h7,9,14-15,17H,1,8,10H2,2-6H3. The highest BCUT2D eigenvalue weighted by molar-refractivity contribution is 5.99. The zero-order valence-electron chi connectivity index (χ0n) is 12.9. The summed E-state index contributed by atoms with van der Waals surface area (Å²) in [6.07, 6.45) is 5.70. The Kier molecular flexibility index (Phi) is 3.59. The first-order valence-corrected chi connectivity index (χ1v) is 7.29. The van der Waals surface area contributed by atoms with E-state index in [0.29, 0.717) is 29.0 Å². The third-order valence-electron chi connectivity index (χ3n) is 5.06. The molecule has 1 saturated carbocycles. The van der Waals surface area contributed by atoms with E-state index in [1.807, 2.05) is 6.08 Å². The van der Waals surface area contributed by atoms with Crippen LogP contribution in [0.4, 0.5) is 0 Å². The van der Waals surface area contributed by atoms with Crippen LogP contribution in [0.15, 0.2) is 35.5 Å². The first-order chi connectivity index (χ1) is 8.80. The molecule has 104 valence electrons. The van der Waals surface area contributed by atoms with Gasteiger partial charge in [0, 0.05) is 6.42 Å². The largest absolute Gasteiger partial charge is 0.295 e. The summed E-state index contributed by atoms with van der Waals surface area (Å²) in [6, 6.07) is 0. The lowest BCUT2D eigenvalue weighted by molar-refractivity contribution is -0.115. The van der Waals surface area contributed by atoms with Gasteiger partial charge in [-0.15, -0.1) is 6.58 Å². The van der Waals surface area contributed by atoms with Crippen molar-refractivity contribution in [3.8, 4) is 0 Å². The summed E-state index contributed by atoms with van der Waals surface area (Å²) < 4.78 is 0. The number of carbonyl (C=O) groups excluding carboxylic acids is 1. The van der Waals surface area contributed by atoms with E-state index in [4.69, 9.17) is 0 Å². The van der Waals surface area contributed by atoms with Crippen LogP contribution in [0.25, 0.3) is 0 Å². The van der Waals surface area contributed by atoms with Crippen molar-refractivity contribution in [3.63, 3.8) is 0 Å². The molecule has 1 nitrogen and oxygen atoms in total. The maximum atomic E-state index is 12.1. The van der Waals surface area contributed by atoms with E-state index in [1.165, 1.54) is 11.1 Å². The Hall–Kier alpha value is -1.11. The smallest absolute Gasteiger partial charge is 0.159 e. The fourth-order valence-electron chi connectivity index (χ4n) is 3.90. The lowest BCUT2D eigenvalue weighted by Crippen LogP contribution is -2.06. The molecule has 2 aliphatic rings. The molecule has 0 N–H and O–H groups in total. The van der Waals surface area contributed by atoms with Crippen molar-refractivity contribution in [2.24, 2.45) is 23.2 Å². The average molecular weight is 258 g/mol. The van der Waals surface area contributed by atoms with Crippen LogP contribution in [0.3, 0.4) is 0 Å². The zero-order chi connectivity index (χ0) is 14.4. The van der Waals surface area contributed by atoms with Gasteiger partial charge in [-0.3, -0.25) is 4.79 Å². The number of rotatable bonds is 4. The average Bonchev–Trinajstić information content (AvgIpc) is 2.70. The Morgan fingerprint density at radius 1 is 1.42 bits per heavy atom. The molecule has 3 unspecified atom stereocenters. The molecule has 0 aromatic carbocycles. The molecule has 0 aromatic heterocycles. The van der Waals surface area contributed by atoms with Crippen LogP contribution in [-0.2, 0) is 4.79 Å². The lowest BCUT2D eigenvalue weighted by Gasteiger charge is -2.12. The number of carbonyl (C=O) groups is 1. The Morgan fingerprint density at radius 2 is 2.05 bits per heavy atom. The summed E-state index contributed by atoms with van der Waals surface area (Å²) in [5.41, 5.74) is 4.08. The SMILES string of the molecule is C=CCC1=C(C)C(C2C(C=C(C)C)C2(C)C)CC1=O. The molecule has 0 bridgehead atoms. The Balaban J connectivity index is 2.24. The van der Waals surface area contributed by atoms with Crippen molar-refractivity contribution in [1.29, 1.82) is 0 Å². The highest BCUT2D eigenvalue weighted by Crippen LogP contribution is 2.65. The summed E-state index contributed by atoms with van der Waals surface area (Å²) in [6.45, 7) is 14.9. The van der Waals surface area contributed by atoms with Gasteiger partial charge in [-0.2, -0.15) is 0 Å². The van der Waals surface area contributed by atoms with Gasteiger partial charge in [-0.1, -0.05) is 37.1 Å². The van der Waals surface area contributed by atoms with Gasteiger partial charge in [0.25, 0.3) is 0 Å². The number of ketones is 1. The maximum absolute atomic E-state index is 12.1. The van der Waals surface area contributed by atoms with Gasteiger partial charge in [0.1, 0.15) is 0 Å². The van der Waals surface area contributed by atoms with Crippen molar-refractivity contribution >= 4 is 5.78 Å². The molecule has 0 heterocycles. The second-order valence-electron chi connectivity index (χ2n) is 7.01. The topological polar surface area (TPSA) is 17.1 Å². The first-order valence-electron chi connectivity index (χ1n) is 7.29. The van der Waals surface area contributed by atoms with Gasteiger partial charge in [0.15, 0.2) is 5.78 Å². The third-order valence-corrected chi connectivity index (χ3v) is 5.06. The normalized spacial score (nSPS) is 32.5. The van der Waals surface area contributed by atoms with Crippen LogP contribution in [0.2, 0.25) is 0 Å². The molecule has 0 amide bonds. The maximum Gasteiger partial charge on any atom is 0.159 e. The molecule has 2 rings (SSSR count). The van der Waals surface area contributed by atoms with Gasteiger partial charge in [-0.25, -0.2) is 0 Å². The molecular formula is C18H26O. The second kappa shape index (κ2) is 4.77. The Bertz CT molecular complexity index is 472. The summed E-state index contributed by atoms with van der Waals surface area (Å²) in [5, 5.41) is 0. The minimum absolute atomic E-state index is 0.340. The molecule has 3 atom stereocenters.